The van der Waals surface area contributed by atoms with E-state index in [4.69, 9.17) is 0 Å². The Bertz CT molecular complexity index is 566. The number of carbonyl (C=O) groups excluding carboxylic acids is 1. The minimum atomic E-state index is 0.263. The van der Waals surface area contributed by atoms with Gasteiger partial charge in [0, 0.05) is 11.3 Å². The fourth-order valence-electron chi connectivity index (χ4n) is 2.04. The first kappa shape index (κ1) is 14.0. The van der Waals surface area contributed by atoms with Crippen LogP contribution in [-0.2, 0) is 0 Å². The molecule has 0 atom stereocenters. The van der Waals surface area contributed by atoms with E-state index in [1.807, 2.05) is 13.0 Å². The van der Waals surface area contributed by atoms with E-state index in [0.29, 0.717) is 12.3 Å². The molecule has 0 bridgehead atoms. The lowest BCUT2D eigenvalue weighted by Crippen LogP contribution is -1.93. The second-order valence-corrected chi connectivity index (χ2v) is 6.20. The van der Waals surface area contributed by atoms with Crippen molar-refractivity contribution in [1.82, 2.24) is 0 Å². The molecule has 0 unspecified atom stereocenters. The first-order valence-corrected chi connectivity index (χ1v) is 7.66. The molecule has 0 aliphatic rings. The van der Waals surface area contributed by atoms with Crippen molar-refractivity contribution in [2.45, 2.75) is 39.5 Å². The van der Waals surface area contributed by atoms with Crippen LogP contribution in [-0.4, -0.2) is 5.78 Å². The van der Waals surface area contributed by atoms with Crippen LogP contribution in [0, 0.1) is 0 Å². The van der Waals surface area contributed by atoms with E-state index in [-0.39, 0.29) is 5.78 Å². The highest BCUT2D eigenvalue weighted by atomic mass is 32.1. The van der Waals surface area contributed by atoms with Gasteiger partial charge in [0.15, 0.2) is 5.78 Å². The van der Waals surface area contributed by atoms with Gasteiger partial charge in [0.1, 0.15) is 0 Å². The topological polar surface area (TPSA) is 17.1 Å². The van der Waals surface area contributed by atoms with Gasteiger partial charge in [-0.3, -0.25) is 4.79 Å². The van der Waals surface area contributed by atoms with Crippen molar-refractivity contribution in [3.05, 3.63) is 46.8 Å². The maximum atomic E-state index is 11.9. The van der Waals surface area contributed by atoms with E-state index in [2.05, 4.69) is 44.2 Å². The Kier molecular flexibility index (Phi) is 4.54. The first-order valence-electron chi connectivity index (χ1n) is 6.85. The lowest BCUT2D eigenvalue weighted by atomic mass is 10.0. The maximum Gasteiger partial charge on any atom is 0.172 e. The van der Waals surface area contributed by atoms with Crippen LogP contribution in [0.3, 0.4) is 0 Å². The second-order valence-electron chi connectivity index (χ2n) is 5.12. The summed E-state index contributed by atoms with van der Waals surface area (Å²) in [5.41, 5.74) is 2.55. The fourth-order valence-corrected chi connectivity index (χ4v) is 3.01. The molecule has 0 saturated heterocycles. The summed E-state index contributed by atoms with van der Waals surface area (Å²) < 4.78 is 0. The predicted molar refractivity (Wildman–Crippen MR) is 83.1 cm³/mol. The van der Waals surface area contributed by atoms with Gasteiger partial charge in [0.25, 0.3) is 0 Å². The van der Waals surface area contributed by atoms with Crippen molar-refractivity contribution in [2.75, 3.05) is 0 Å². The molecule has 0 N–H and O–H groups in total. The van der Waals surface area contributed by atoms with Crippen LogP contribution in [0.15, 0.2) is 36.4 Å². The van der Waals surface area contributed by atoms with E-state index >= 15 is 0 Å². The lowest BCUT2D eigenvalue weighted by molar-refractivity contribution is 0.0985. The summed E-state index contributed by atoms with van der Waals surface area (Å²) in [5.74, 6) is 0.792. The van der Waals surface area contributed by atoms with Gasteiger partial charge < -0.3 is 0 Å². The predicted octanol–water partition coefficient (Wildman–Crippen LogP) is 5.52. The zero-order valence-corrected chi connectivity index (χ0v) is 12.6. The molecule has 0 spiro atoms. The SMILES string of the molecule is CCCC(=O)c1ccc(-c2cccc(C(C)C)c2)s1. The lowest BCUT2D eigenvalue weighted by Gasteiger charge is -2.06. The molecular weight excluding hydrogens is 252 g/mol. The molecule has 0 fully saturated rings. The van der Waals surface area contributed by atoms with Gasteiger partial charge in [0.05, 0.1) is 4.88 Å². The van der Waals surface area contributed by atoms with E-state index in [1.54, 1.807) is 11.3 Å². The quantitative estimate of drug-likeness (QED) is 0.655. The zero-order valence-electron chi connectivity index (χ0n) is 11.8. The Morgan fingerprint density at radius 2 is 2.00 bits per heavy atom. The zero-order chi connectivity index (χ0) is 13.8. The van der Waals surface area contributed by atoms with Crippen LogP contribution in [0.5, 0.6) is 0 Å². The summed E-state index contributed by atoms with van der Waals surface area (Å²) in [4.78, 5) is 13.9. The van der Waals surface area contributed by atoms with Crippen molar-refractivity contribution in [3.8, 4) is 10.4 Å². The standard InChI is InChI=1S/C17H20OS/c1-4-6-15(18)17-10-9-16(19-17)14-8-5-7-13(11-14)12(2)3/h5,7-12H,4,6H2,1-3H3. The van der Waals surface area contributed by atoms with E-state index < -0.39 is 0 Å². The van der Waals surface area contributed by atoms with Gasteiger partial charge in [-0.2, -0.15) is 0 Å². The number of rotatable bonds is 5. The summed E-state index contributed by atoms with van der Waals surface area (Å²) in [6, 6.07) is 12.6. The largest absolute Gasteiger partial charge is 0.293 e. The minimum absolute atomic E-state index is 0.263. The third-order valence-corrected chi connectivity index (χ3v) is 4.37. The van der Waals surface area contributed by atoms with Gasteiger partial charge >= 0.3 is 0 Å². The van der Waals surface area contributed by atoms with Crippen molar-refractivity contribution in [2.24, 2.45) is 0 Å². The molecule has 0 amide bonds. The number of thiophene rings is 1. The molecule has 0 aliphatic heterocycles. The van der Waals surface area contributed by atoms with Crippen LogP contribution in [0.25, 0.3) is 10.4 Å². The van der Waals surface area contributed by atoms with E-state index in [1.165, 1.54) is 16.0 Å². The smallest absolute Gasteiger partial charge is 0.172 e. The highest BCUT2D eigenvalue weighted by molar-refractivity contribution is 7.17. The Morgan fingerprint density at radius 3 is 2.68 bits per heavy atom. The van der Waals surface area contributed by atoms with E-state index in [0.717, 1.165) is 11.3 Å². The number of carbonyl (C=O) groups is 1. The van der Waals surface area contributed by atoms with Crippen molar-refractivity contribution >= 4 is 17.1 Å². The van der Waals surface area contributed by atoms with Gasteiger partial charge in [0.2, 0.25) is 0 Å². The number of hydrogen-bond donors (Lipinski definition) is 0. The molecule has 2 aromatic rings. The normalized spacial score (nSPS) is 10.9. The molecule has 2 heteroatoms. The van der Waals surface area contributed by atoms with Crippen molar-refractivity contribution in [3.63, 3.8) is 0 Å². The third-order valence-electron chi connectivity index (χ3n) is 3.20. The molecule has 0 aliphatic carbocycles. The van der Waals surface area contributed by atoms with Crippen LogP contribution in [0.1, 0.15) is 54.8 Å². The first-order chi connectivity index (χ1) is 9.11. The molecule has 0 radical (unpaired) electrons. The van der Waals surface area contributed by atoms with Crippen molar-refractivity contribution < 1.29 is 4.79 Å². The second kappa shape index (κ2) is 6.16. The monoisotopic (exact) mass is 272 g/mol. The number of ketones is 1. The number of hydrogen-bond acceptors (Lipinski definition) is 2. The number of benzene rings is 1. The molecule has 1 aromatic carbocycles. The van der Waals surface area contributed by atoms with Gasteiger partial charge in [-0.1, -0.05) is 45.0 Å². The summed E-state index contributed by atoms with van der Waals surface area (Å²) in [5, 5.41) is 0. The molecule has 19 heavy (non-hydrogen) atoms. The summed E-state index contributed by atoms with van der Waals surface area (Å²) >= 11 is 1.60. The molecule has 1 nitrogen and oxygen atoms in total. The van der Waals surface area contributed by atoms with Crippen molar-refractivity contribution in [1.29, 1.82) is 0 Å². The Morgan fingerprint density at radius 1 is 1.21 bits per heavy atom. The summed E-state index contributed by atoms with van der Waals surface area (Å²) in [6.45, 7) is 6.44. The van der Waals surface area contributed by atoms with Crippen LogP contribution < -0.4 is 0 Å². The van der Waals surface area contributed by atoms with E-state index in [9.17, 15) is 4.79 Å². The average molecular weight is 272 g/mol. The molecule has 2 rings (SSSR count). The summed E-state index contributed by atoms with van der Waals surface area (Å²) in [7, 11) is 0. The number of Topliss-reactive ketones (excluding diaryl/α,β-unsaturated/α-hetero) is 1. The Hall–Kier alpha value is -1.41. The molecule has 1 aromatic heterocycles. The third kappa shape index (κ3) is 3.32. The van der Waals surface area contributed by atoms with Gasteiger partial charge in [-0.15, -0.1) is 11.3 Å². The average Bonchev–Trinajstić information content (AvgIpc) is 2.89. The molecular formula is C17H20OS. The van der Waals surface area contributed by atoms with Crippen LogP contribution >= 0.6 is 11.3 Å². The molecule has 0 saturated carbocycles. The molecule has 100 valence electrons. The van der Waals surface area contributed by atoms with Gasteiger partial charge in [-0.25, -0.2) is 0 Å². The van der Waals surface area contributed by atoms with Gasteiger partial charge in [-0.05, 0) is 35.6 Å². The van der Waals surface area contributed by atoms with Crippen LogP contribution in [0.2, 0.25) is 0 Å². The Balaban J connectivity index is 2.27. The summed E-state index contributed by atoms with van der Waals surface area (Å²) in [6.07, 6.45) is 1.56. The highest BCUT2D eigenvalue weighted by Gasteiger charge is 2.10. The fraction of sp³-hybridized carbons (Fsp3) is 0.353. The highest BCUT2D eigenvalue weighted by Crippen LogP contribution is 2.30. The maximum absolute atomic E-state index is 11.9. The molecule has 1 heterocycles. The Labute approximate surface area is 119 Å². The van der Waals surface area contributed by atoms with Crippen LogP contribution in [0.4, 0.5) is 0 Å². The minimum Gasteiger partial charge on any atom is -0.293 e.